The van der Waals surface area contributed by atoms with Gasteiger partial charge in [-0.3, -0.25) is 0 Å². The molecule has 0 saturated carbocycles. The predicted octanol–water partition coefficient (Wildman–Crippen LogP) is -2.26. The van der Waals surface area contributed by atoms with Gasteiger partial charge < -0.3 is 0 Å². The van der Waals surface area contributed by atoms with Crippen LogP contribution in [0.15, 0.2) is 0 Å². The summed E-state index contributed by atoms with van der Waals surface area (Å²) in [6.07, 6.45) is 0. The first-order valence-electron chi connectivity index (χ1n) is 0.532. The van der Waals surface area contributed by atoms with Crippen LogP contribution in [-0.2, 0) is 3.10 Å². The van der Waals surface area contributed by atoms with E-state index in [4.69, 9.17) is 10.0 Å². The number of rotatable bonds is 0. The van der Waals surface area contributed by atoms with Crippen LogP contribution in [0.1, 0.15) is 0 Å². The molecule has 0 aliphatic carbocycles. The van der Waals surface area contributed by atoms with Crippen LogP contribution in [-0.4, -0.2) is 56.9 Å². The Hall–Kier alpha value is 1.51. The summed E-state index contributed by atoms with van der Waals surface area (Å²) in [6.45, 7) is 0. The first-order chi connectivity index (χ1) is 1.73. The van der Waals surface area contributed by atoms with Gasteiger partial charge in [0, 0.05) is 0 Å². The van der Waals surface area contributed by atoms with Gasteiger partial charge in [-0.1, -0.05) is 0 Å². The molecule has 5 heavy (non-hydrogen) atoms. The molecule has 0 heterocycles. The molecule has 0 atom stereocenters. The van der Waals surface area contributed by atoms with Crippen molar-refractivity contribution in [2.24, 2.45) is 0 Å². The topological polar surface area (TPSA) is 57.5 Å². The Labute approximate surface area is 59.4 Å². The third-order valence-corrected chi connectivity index (χ3v) is 0. The predicted molar refractivity (Wildman–Crippen MR) is 18.0 cm³/mol. The Morgan fingerprint density at radius 1 is 1.40 bits per heavy atom. The fourth-order valence-electron chi connectivity index (χ4n) is 0. The molecule has 5 heteroatoms. The first-order valence-corrected chi connectivity index (χ1v) is 3.57. The molecule has 0 aromatic carbocycles. The maximum absolute atomic E-state index is 8.81. The van der Waals surface area contributed by atoms with Crippen molar-refractivity contribution < 1.29 is 10.0 Å². The molecule has 0 spiro atoms. The van der Waals surface area contributed by atoms with Crippen molar-refractivity contribution in [3.63, 3.8) is 0 Å². The van der Waals surface area contributed by atoms with E-state index in [1.54, 1.807) is 0 Å². The molecule has 0 aromatic heterocycles. The van der Waals surface area contributed by atoms with Gasteiger partial charge in [-0.05, 0) is 0 Å². The van der Waals surface area contributed by atoms with E-state index in [1.807, 2.05) is 0 Å². The average molecular weight is 202 g/mol. The SMILES string of the molecule is O=[Te](O)O.[NaH]. The van der Waals surface area contributed by atoms with Gasteiger partial charge in [-0.25, -0.2) is 0 Å². The zero-order valence-corrected chi connectivity index (χ0v) is 4.04. The van der Waals surface area contributed by atoms with Gasteiger partial charge in [0.15, 0.2) is 0 Å². The second-order valence-corrected chi connectivity index (χ2v) is 1.55. The molecule has 0 aliphatic rings. The van der Waals surface area contributed by atoms with Crippen LogP contribution in [0, 0.1) is 0 Å². The van der Waals surface area contributed by atoms with Gasteiger partial charge in [0.2, 0.25) is 0 Å². The van der Waals surface area contributed by atoms with Crippen molar-refractivity contribution in [1.82, 2.24) is 0 Å². The van der Waals surface area contributed by atoms with Crippen molar-refractivity contribution in [1.29, 1.82) is 0 Å². The minimum absolute atomic E-state index is 0. The van der Waals surface area contributed by atoms with Crippen molar-refractivity contribution in [3.05, 3.63) is 0 Å². The Morgan fingerprint density at radius 3 is 1.40 bits per heavy atom. The molecule has 0 radical (unpaired) electrons. The van der Waals surface area contributed by atoms with Crippen molar-refractivity contribution in [3.8, 4) is 0 Å². The van der Waals surface area contributed by atoms with Crippen molar-refractivity contribution in [2.45, 2.75) is 0 Å². The zero-order valence-electron chi connectivity index (χ0n) is 1.71. The summed E-state index contributed by atoms with van der Waals surface area (Å²) < 4.78 is 23.3. The Balaban J connectivity index is 0. The monoisotopic (exact) mass is 204 g/mol. The van der Waals surface area contributed by atoms with E-state index in [-0.39, 0.29) is 29.6 Å². The van der Waals surface area contributed by atoms with Gasteiger partial charge in [0.25, 0.3) is 0 Å². The van der Waals surface area contributed by atoms with Crippen LogP contribution in [0.2, 0.25) is 0 Å². The molecule has 0 fully saturated rings. The van der Waals surface area contributed by atoms with E-state index < -0.39 is 20.4 Å². The van der Waals surface area contributed by atoms with E-state index in [9.17, 15) is 0 Å². The van der Waals surface area contributed by atoms with Gasteiger partial charge in [-0.2, -0.15) is 0 Å². The summed E-state index contributed by atoms with van der Waals surface area (Å²) in [5.41, 5.74) is 0. The van der Waals surface area contributed by atoms with E-state index in [2.05, 4.69) is 0 Å². The second kappa shape index (κ2) is 5.51. The standard InChI is InChI=1S/Na.H2O3Te.H/c;1-4(2)3;/h;(H2,1,2,3);. The first kappa shape index (κ1) is 9.72. The van der Waals surface area contributed by atoms with Gasteiger partial charge in [0.05, 0.1) is 0 Å². The number of hydrogen-bond donors (Lipinski definition) is 2. The van der Waals surface area contributed by atoms with Crippen LogP contribution in [0.5, 0.6) is 0 Å². The molecule has 0 unspecified atom stereocenters. The summed E-state index contributed by atoms with van der Waals surface area (Å²) in [7, 11) is 0. The summed E-state index contributed by atoms with van der Waals surface area (Å²) in [6, 6.07) is 0. The summed E-state index contributed by atoms with van der Waals surface area (Å²) >= 11 is -3.61. The quantitative estimate of drug-likeness (QED) is 0.435. The van der Waals surface area contributed by atoms with Crippen LogP contribution < -0.4 is 0 Å². The molecule has 0 saturated heterocycles. The Morgan fingerprint density at radius 2 is 1.40 bits per heavy atom. The molecule has 3 nitrogen and oxygen atoms in total. The van der Waals surface area contributed by atoms with E-state index in [1.165, 1.54) is 0 Å². The summed E-state index contributed by atoms with van der Waals surface area (Å²) in [5, 5.41) is 0. The number of hydrogen-bond acceptors (Lipinski definition) is 1. The van der Waals surface area contributed by atoms with Crippen molar-refractivity contribution >= 4 is 49.9 Å². The third-order valence-electron chi connectivity index (χ3n) is 0. The molecule has 0 aromatic rings. The molecular formula is H3NaO3Te. The van der Waals surface area contributed by atoms with Gasteiger partial charge >= 0.3 is 60.0 Å². The fourth-order valence-corrected chi connectivity index (χ4v) is 0. The van der Waals surface area contributed by atoms with Crippen molar-refractivity contribution in [2.75, 3.05) is 0 Å². The van der Waals surface area contributed by atoms with E-state index in [0.717, 1.165) is 0 Å². The zero-order chi connectivity index (χ0) is 3.58. The average Bonchev–Trinajstić information content (AvgIpc) is 0.811. The molecule has 0 amide bonds. The molecule has 28 valence electrons. The third kappa shape index (κ3) is 29.8. The molecule has 0 rings (SSSR count). The van der Waals surface area contributed by atoms with Crippen LogP contribution in [0.4, 0.5) is 0 Å². The van der Waals surface area contributed by atoms with E-state index in [0.29, 0.717) is 0 Å². The Kier molecular flexibility index (Phi) is 10.7. The van der Waals surface area contributed by atoms with Gasteiger partial charge in [0.1, 0.15) is 0 Å². The van der Waals surface area contributed by atoms with E-state index >= 15 is 0 Å². The van der Waals surface area contributed by atoms with Gasteiger partial charge in [-0.15, -0.1) is 0 Å². The second-order valence-electron chi connectivity index (χ2n) is 0.231. The minimum atomic E-state index is -3.61. The van der Waals surface area contributed by atoms with Crippen LogP contribution in [0.25, 0.3) is 0 Å². The van der Waals surface area contributed by atoms with Crippen LogP contribution in [0.3, 0.4) is 0 Å². The summed E-state index contributed by atoms with van der Waals surface area (Å²) in [5.74, 6) is 0. The Bertz CT molecular complexity index is 29.9. The molecular weight excluding hydrogens is 199 g/mol. The molecule has 0 aliphatic heterocycles. The molecule has 2 N–H and O–H groups in total. The maximum atomic E-state index is 8.81. The fraction of sp³-hybridized carbons (Fsp3) is 0. The van der Waals surface area contributed by atoms with Crippen LogP contribution >= 0.6 is 0 Å². The summed E-state index contributed by atoms with van der Waals surface area (Å²) in [4.78, 5) is 0. The normalized spacial score (nSPS) is 7.00. The molecule has 0 bridgehead atoms.